The largest absolute Gasteiger partial charge is 0.489 e. The van der Waals surface area contributed by atoms with E-state index in [-0.39, 0.29) is 6.61 Å². The average molecular weight is 298 g/mol. The molecule has 0 bridgehead atoms. The second kappa shape index (κ2) is 10.4. The summed E-state index contributed by atoms with van der Waals surface area (Å²) in [4.78, 5) is 2.08. The number of aliphatic hydroxyl groups excluding tert-OH is 1. The van der Waals surface area contributed by atoms with E-state index >= 15 is 0 Å². The molecule has 120 valence electrons. The molecule has 1 aromatic carbocycles. The number of aliphatic hydroxyl groups is 1. The van der Waals surface area contributed by atoms with Crippen molar-refractivity contribution in [1.82, 2.24) is 4.90 Å². The predicted octanol–water partition coefficient (Wildman–Crippen LogP) is 0.603. The van der Waals surface area contributed by atoms with Crippen molar-refractivity contribution in [2.24, 2.45) is 0 Å². The maximum atomic E-state index is 10.1. The fourth-order valence-electron chi connectivity index (χ4n) is 1.88. The molecule has 3 N–H and O–H groups in total. The summed E-state index contributed by atoms with van der Waals surface area (Å²) >= 11 is 0. The molecule has 1 aromatic rings. The summed E-state index contributed by atoms with van der Waals surface area (Å²) < 4.78 is 15.7. The molecule has 0 saturated heterocycles. The highest BCUT2D eigenvalue weighted by Gasteiger charge is 2.13. The summed E-state index contributed by atoms with van der Waals surface area (Å²) in [6, 6.07) is 7.25. The summed E-state index contributed by atoms with van der Waals surface area (Å²) in [5, 5.41) is 10.1. The third-order valence-electron chi connectivity index (χ3n) is 3.04. The van der Waals surface area contributed by atoms with E-state index in [0.29, 0.717) is 31.2 Å². The number of anilines is 1. The summed E-state index contributed by atoms with van der Waals surface area (Å²) in [6.45, 7) is 3.41. The Balaban J connectivity index is 2.38. The quantitative estimate of drug-likeness (QED) is 0.583. The zero-order valence-corrected chi connectivity index (χ0v) is 12.8. The third kappa shape index (κ3) is 7.29. The van der Waals surface area contributed by atoms with Crippen molar-refractivity contribution in [1.29, 1.82) is 0 Å². The highest BCUT2D eigenvalue weighted by Crippen LogP contribution is 2.19. The second-order valence-corrected chi connectivity index (χ2v) is 4.79. The van der Waals surface area contributed by atoms with Crippen LogP contribution in [0.25, 0.3) is 0 Å². The molecular formula is C15H26N2O4. The van der Waals surface area contributed by atoms with Crippen LogP contribution in [-0.2, 0) is 9.47 Å². The van der Waals surface area contributed by atoms with Crippen molar-refractivity contribution >= 4 is 5.69 Å². The summed E-state index contributed by atoms with van der Waals surface area (Å²) in [7, 11) is 3.32. The Hall–Kier alpha value is -1.34. The molecule has 0 saturated carbocycles. The van der Waals surface area contributed by atoms with E-state index in [0.717, 1.165) is 13.1 Å². The minimum absolute atomic E-state index is 0.199. The van der Waals surface area contributed by atoms with Crippen molar-refractivity contribution < 1.29 is 19.3 Å². The lowest BCUT2D eigenvalue weighted by Crippen LogP contribution is -2.39. The van der Waals surface area contributed by atoms with E-state index in [9.17, 15) is 5.11 Å². The van der Waals surface area contributed by atoms with Crippen molar-refractivity contribution in [3.05, 3.63) is 24.3 Å². The van der Waals surface area contributed by atoms with Gasteiger partial charge in [0.15, 0.2) is 0 Å². The number of nitrogen functional groups attached to an aromatic ring is 1. The smallest absolute Gasteiger partial charge is 0.142 e. The van der Waals surface area contributed by atoms with Gasteiger partial charge >= 0.3 is 0 Å². The van der Waals surface area contributed by atoms with E-state index in [1.54, 1.807) is 26.4 Å². The highest BCUT2D eigenvalue weighted by atomic mass is 16.5. The SMILES string of the molecule is COCCN(CCOC)CC(O)COc1ccccc1N. The molecule has 0 radical (unpaired) electrons. The van der Waals surface area contributed by atoms with E-state index < -0.39 is 6.10 Å². The van der Waals surface area contributed by atoms with Gasteiger partial charge in [0, 0.05) is 33.9 Å². The molecule has 6 nitrogen and oxygen atoms in total. The number of ether oxygens (including phenoxy) is 3. The number of nitrogens with zero attached hydrogens (tertiary/aromatic N) is 1. The van der Waals surface area contributed by atoms with E-state index in [2.05, 4.69) is 4.90 Å². The van der Waals surface area contributed by atoms with E-state index in [1.807, 2.05) is 12.1 Å². The number of nitrogens with two attached hydrogens (primary N) is 1. The van der Waals surface area contributed by atoms with Crippen LogP contribution in [0.5, 0.6) is 5.75 Å². The molecule has 0 spiro atoms. The third-order valence-corrected chi connectivity index (χ3v) is 3.04. The second-order valence-electron chi connectivity index (χ2n) is 4.79. The topological polar surface area (TPSA) is 77.2 Å². The van der Waals surface area contributed by atoms with Gasteiger partial charge in [0.1, 0.15) is 18.5 Å². The lowest BCUT2D eigenvalue weighted by Gasteiger charge is -2.24. The zero-order chi connectivity index (χ0) is 15.5. The highest BCUT2D eigenvalue weighted by molar-refractivity contribution is 5.51. The van der Waals surface area contributed by atoms with Crippen LogP contribution in [0.3, 0.4) is 0 Å². The normalized spacial score (nSPS) is 12.6. The molecular weight excluding hydrogens is 272 g/mol. The number of rotatable bonds is 11. The summed E-state index contributed by atoms with van der Waals surface area (Å²) in [5.41, 5.74) is 6.36. The lowest BCUT2D eigenvalue weighted by atomic mass is 10.3. The van der Waals surface area contributed by atoms with Gasteiger partial charge in [0.25, 0.3) is 0 Å². The van der Waals surface area contributed by atoms with Crippen LogP contribution in [0.15, 0.2) is 24.3 Å². The molecule has 1 unspecified atom stereocenters. The van der Waals surface area contributed by atoms with Crippen LogP contribution in [0.4, 0.5) is 5.69 Å². The number of hydrogen-bond acceptors (Lipinski definition) is 6. The summed E-state index contributed by atoms with van der Waals surface area (Å²) in [6.07, 6.45) is -0.599. The monoisotopic (exact) mass is 298 g/mol. The first kappa shape index (κ1) is 17.7. The van der Waals surface area contributed by atoms with Crippen LogP contribution in [0, 0.1) is 0 Å². The molecule has 6 heteroatoms. The Bertz CT molecular complexity index is 382. The molecule has 0 aliphatic rings. The molecule has 0 heterocycles. The molecule has 0 aromatic heterocycles. The average Bonchev–Trinajstić information content (AvgIpc) is 2.49. The Morgan fingerprint density at radius 2 is 1.76 bits per heavy atom. The standard InChI is InChI=1S/C15H26N2O4/c1-19-9-7-17(8-10-20-2)11-13(18)12-21-15-6-4-3-5-14(15)16/h3-6,13,18H,7-12,16H2,1-2H3. The van der Waals surface area contributed by atoms with Gasteiger partial charge in [-0.3, -0.25) is 4.90 Å². The first-order valence-corrected chi connectivity index (χ1v) is 7.03. The van der Waals surface area contributed by atoms with E-state index in [4.69, 9.17) is 19.9 Å². The Kier molecular flexibility index (Phi) is 8.77. The van der Waals surface area contributed by atoms with Gasteiger partial charge in [-0.25, -0.2) is 0 Å². The molecule has 1 rings (SSSR count). The Morgan fingerprint density at radius 1 is 1.14 bits per heavy atom. The molecule has 21 heavy (non-hydrogen) atoms. The van der Waals surface area contributed by atoms with Crippen LogP contribution in [0.1, 0.15) is 0 Å². The van der Waals surface area contributed by atoms with Gasteiger partial charge in [-0.05, 0) is 12.1 Å². The Morgan fingerprint density at radius 3 is 2.33 bits per heavy atom. The molecule has 1 atom stereocenters. The van der Waals surface area contributed by atoms with Gasteiger partial charge in [-0.1, -0.05) is 12.1 Å². The van der Waals surface area contributed by atoms with Crippen molar-refractivity contribution in [2.45, 2.75) is 6.10 Å². The molecule has 0 aliphatic heterocycles. The van der Waals surface area contributed by atoms with Gasteiger partial charge < -0.3 is 25.1 Å². The minimum atomic E-state index is -0.599. The first-order valence-electron chi connectivity index (χ1n) is 7.03. The van der Waals surface area contributed by atoms with Gasteiger partial charge in [0.2, 0.25) is 0 Å². The van der Waals surface area contributed by atoms with Crippen molar-refractivity contribution in [3.8, 4) is 5.75 Å². The summed E-state index contributed by atoms with van der Waals surface area (Å²) in [5.74, 6) is 0.594. The number of benzene rings is 1. The lowest BCUT2D eigenvalue weighted by molar-refractivity contribution is 0.0461. The maximum Gasteiger partial charge on any atom is 0.142 e. The zero-order valence-electron chi connectivity index (χ0n) is 12.8. The van der Waals surface area contributed by atoms with Crippen LogP contribution in [-0.4, -0.2) is 69.8 Å². The van der Waals surface area contributed by atoms with Crippen LogP contribution >= 0.6 is 0 Å². The molecule has 0 amide bonds. The van der Waals surface area contributed by atoms with Crippen LogP contribution in [0.2, 0.25) is 0 Å². The minimum Gasteiger partial charge on any atom is -0.489 e. The van der Waals surface area contributed by atoms with Gasteiger partial charge in [-0.2, -0.15) is 0 Å². The Labute approximate surface area is 126 Å². The van der Waals surface area contributed by atoms with Crippen molar-refractivity contribution in [3.63, 3.8) is 0 Å². The molecule has 0 fully saturated rings. The number of hydrogen-bond donors (Lipinski definition) is 2. The number of methoxy groups -OCH3 is 2. The van der Waals surface area contributed by atoms with Crippen LogP contribution < -0.4 is 10.5 Å². The fourth-order valence-corrected chi connectivity index (χ4v) is 1.88. The number of para-hydroxylation sites is 2. The predicted molar refractivity (Wildman–Crippen MR) is 82.5 cm³/mol. The maximum absolute atomic E-state index is 10.1. The van der Waals surface area contributed by atoms with E-state index in [1.165, 1.54) is 0 Å². The van der Waals surface area contributed by atoms with Gasteiger partial charge in [0.05, 0.1) is 18.9 Å². The molecule has 0 aliphatic carbocycles. The first-order chi connectivity index (χ1) is 10.2. The van der Waals surface area contributed by atoms with Gasteiger partial charge in [-0.15, -0.1) is 0 Å². The van der Waals surface area contributed by atoms with Crippen molar-refractivity contribution in [2.75, 3.05) is 59.4 Å². The fraction of sp³-hybridized carbons (Fsp3) is 0.600.